The minimum absolute atomic E-state index is 0.0130. The molecule has 21 heavy (non-hydrogen) atoms. The molecule has 2 heterocycles. The molecule has 1 aliphatic heterocycles. The van der Waals surface area contributed by atoms with E-state index in [9.17, 15) is 9.59 Å². The molecule has 106 valence electrons. The van der Waals surface area contributed by atoms with E-state index in [0.29, 0.717) is 28.7 Å². The number of carbonyl (C=O) groups is 2. The normalized spacial score (nSPS) is 13.3. The number of rotatable bonds is 2. The molecule has 0 saturated carbocycles. The Balaban J connectivity index is 1.83. The number of fused-ring (bicyclic) bond motifs is 1. The number of aryl methyl sites for hydroxylation is 1. The van der Waals surface area contributed by atoms with E-state index in [0.717, 1.165) is 11.3 Å². The molecule has 0 radical (unpaired) electrons. The van der Waals surface area contributed by atoms with E-state index in [1.54, 1.807) is 30.5 Å². The van der Waals surface area contributed by atoms with Crippen molar-refractivity contribution < 1.29 is 9.59 Å². The van der Waals surface area contributed by atoms with Gasteiger partial charge in [0.2, 0.25) is 5.91 Å². The largest absolute Gasteiger partial charge is 0.326 e. The molecule has 6 heteroatoms. The van der Waals surface area contributed by atoms with Crippen molar-refractivity contribution in [3.8, 4) is 0 Å². The quantitative estimate of drug-likeness (QED) is 0.822. The highest BCUT2D eigenvalue weighted by Crippen LogP contribution is 2.25. The highest BCUT2D eigenvalue weighted by molar-refractivity contribution is 9.10. The molecule has 0 atom stereocenters. The van der Waals surface area contributed by atoms with Crippen molar-refractivity contribution >= 4 is 39.1 Å². The summed E-state index contributed by atoms with van der Waals surface area (Å²) in [6, 6.07) is 8.80. The van der Waals surface area contributed by atoms with E-state index in [-0.39, 0.29) is 11.8 Å². The minimum atomic E-state index is -0.205. The third-order valence-corrected chi connectivity index (χ3v) is 3.90. The van der Waals surface area contributed by atoms with Gasteiger partial charge in [-0.3, -0.25) is 9.59 Å². The van der Waals surface area contributed by atoms with Crippen LogP contribution in [0.5, 0.6) is 0 Å². The molecule has 0 bridgehead atoms. The maximum atomic E-state index is 12.3. The molecule has 2 N–H and O–H groups in total. The van der Waals surface area contributed by atoms with Gasteiger partial charge in [-0.05, 0) is 58.2 Å². The van der Waals surface area contributed by atoms with Crippen LogP contribution in [-0.2, 0) is 11.2 Å². The van der Waals surface area contributed by atoms with Gasteiger partial charge in [0.05, 0.1) is 5.69 Å². The molecular weight excluding hydrogens is 334 g/mol. The third-order valence-electron chi connectivity index (χ3n) is 3.27. The molecule has 2 aromatic rings. The number of carbonyl (C=O) groups excluding carboxylic acids is 2. The molecule has 2 amide bonds. The van der Waals surface area contributed by atoms with Gasteiger partial charge in [-0.25, -0.2) is 4.98 Å². The number of hydrogen-bond donors (Lipinski definition) is 2. The highest BCUT2D eigenvalue weighted by Gasteiger charge is 2.17. The summed E-state index contributed by atoms with van der Waals surface area (Å²) in [5.41, 5.74) is 2.94. The predicted octanol–water partition coefficient (Wildman–Crippen LogP) is 2.98. The molecule has 1 aromatic carbocycles. The van der Waals surface area contributed by atoms with Crippen LogP contribution in [-0.4, -0.2) is 16.8 Å². The lowest BCUT2D eigenvalue weighted by molar-refractivity contribution is -0.116. The van der Waals surface area contributed by atoms with Gasteiger partial charge in [0.1, 0.15) is 4.60 Å². The summed E-state index contributed by atoms with van der Waals surface area (Å²) in [6.07, 6.45) is 2.74. The maximum Gasteiger partial charge on any atom is 0.255 e. The number of pyridine rings is 1. The molecule has 3 rings (SSSR count). The van der Waals surface area contributed by atoms with Crippen LogP contribution in [0.1, 0.15) is 22.3 Å². The summed E-state index contributed by atoms with van der Waals surface area (Å²) < 4.78 is 0.587. The standard InChI is InChI=1S/C15H12BrN3O2/c16-14-12(2-1-7-17-14)19-15(21)10-3-5-11-9(8-10)4-6-13(20)18-11/h1-3,5,7-8H,4,6H2,(H,18,20)(H,19,21). The Bertz CT molecular complexity index is 731. The number of anilines is 2. The molecule has 0 spiro atoms. The van der Waals surface area contributed by atoms with Crippen molar-refractivity contribution in [1.82, 2.24) is 4.98 Å². The van der Waals surface area contributed by atoms with Gasteiger partial charge in [-0.15, -0.1) is 0 Å². The zero-order valence-electron chi connectivity index (χ0n) is 11.0. The van der Waals surface area contributed by atoms with Crippen LogP contribution in [0.25, 0.3) is 0 Å². The monoisotopic (exact) mass is 345 g/mol. The number of hydrogen-bond acceptors (Lipinski definition) is 3. The summed E-state index contributed by atoms with van der Waals surface area (Å²) in [6.45, 7) is 0. The first kappa shape index (κ1) is 13.8. The van der Waals surface area contributed by atoms with Crippen LogP contribution in [0, 0.1) is 0 Å². The minimum Gasteiger partial charge on any atom is -0.326 e. The third kappa shape index (κ3) is 2.95. The Labute approximate surface area is 129 Å². The molecule has 0 fully saturated rings. The second kappa shape index (κ2) is 5.65. The van der Waals surface area contributed by atoms with E-state index in [1.165, 1.54) is 0 Å². The number of halogens is 1. The smallest absolute Gasteiger partial charge is 0.255 e. The SMILES string of the molecule is O=C1CCc2cc(C(=O)Nc3cccnc3Br)ccc2N1. The molecule has 0 aliphatic carbocycles. The number of amides is 2. The highest BCUT2D eigenvalue weighted by atomic mass is 79.9. The fraction of sp³-hybridized carbons (Fsp3) is 0.133. The summed E-state index contributed by atoms with van der Waals surface area (Å²) in [4.78, 5) is 27.6. The fourth-order valence-electron chi connectivity index (χ4n) is 2.20. The summed E-state index contributed by atoms with van der Waals surface area (Å²) in [5, 5.41) is 5.60. The van der Waals surface area contributed by atoms with E-state index >= 15 is 0 Å². The fourth-order valence-corrected chi connectivity index (χ4v) is 2.55. The van der Waals surface area contributed by atoms with Crippen molar-refractivity contribution in [3.05, 3.63) is 52.3 Å². The van der Waals surface area contributed by atoms with Crippen molar-refractivity contribution in [3.63, 3.8) is 0 Å². The summed E-state index contributed by atoms with van der Waals surface area (Å²) in [7, 11) is 0. The van der Waals surface area contributed by atoms with Gasteiger partial charge in [-0.1, -0.05) is 0 Å². The number of benzene rings is 1. The Hall–Kier alpha value is -2.21. The van der Waals surface area contributed by atoms with Crippen LogP contribution < -0.4 is 10.6 Å². The molecule has 5 nitrogen and oxygen atoms in total. The van der Waals surface area contributed by atoms with Crippen LogP contribution in [0.3, 0.4) is 0 Å². The van der Waals surface area contributed by atoms with Crippen LogP contribution in [0.15, 0.2) is 41.1 Å². The molecule has 1 aliphatic rings. The van der Waals surface area contributed by atoms with Gasteiger partial charge in [0.15, 0.2) is 0 Å². The van der Waals surface area contributed by atoms with E-state index in [4.69, 9.17) is 0 Å². The maximum absolute atomic E-state index is 12.3. The van der Waals surface area contributed by atoms with Gasteiger partial charge in [-0.2, -0.15) is 0 Å². The average Bonchev–Trinajstić information content (AvgIpc) is 2.49. The van der Waals surface area contributed by atoms with Crippen molar-refractivity contribution in [2.45, 2.75) is 12.8 Å². The van der Waals surface area contributed by atoms with Crippen LogP contribution in [0.4, 0.5) is 11.4 Å². The Morgan fingerprint density at radius 1 is 1.29 bits per heavy atom. The van der Waals surface area contributed by atoms with Gasteiger partial charge in [0.25, 0.3) is 5.91 Å². The topological polar surface area (TPSA) is 71.1 Å². The lowest BCUT2D eigenvalue weighted by Gasteiger charge is -2.17. The number of nitrogens with zero attached hydrogens (tertiary/aromatic N) is 1. The molecular formula is C15H12BrN3O2. The van der Waals surface area contributed by atoms with E-state index in [1.807, 2.05) is 6.07 Å². The summed E-state index contributed by atoms with van der Waals surface area (Å²) in [5.74, 6) is -0.192. The summed E-state index contributed by atoms with van der Waals surface area (Å²) >= 11 is 3.29. The molecule has 0 saturated heterocycles. The Morgan fingerprint density at radius 2 is 2.14 bits per heavy atom. The number of nitrogens with one attached hydrogen (secondary N) is 2. The zero-order valence-corrected chi connectivity index (χ0v) is 12.6. The Morgan fingerprint density at radius 3 is 2.95 bits per heavy atom. The van der Waals surface area contributed by atoms with Gasteiger partial charge >= 0.3 is 0 Å². The van der Waals surface area contributed by atoms with Gasteiger partial charge < -0.3 is 10.6 Å². The number of aromatic nitrogens is 1. The van der Waals surface area contributed by atoms with E-state index in [2.05, 4.69) is 31.5 Å². The zero-order chi connectivity index (χ0) is 14.8. The van der Waals surface area contributed by atoms with E-state index < -0.39 is 0 Å². The second-order valence-electron chi connectivity index (χ2n) is 4.72. The first-order chi connectivity index (χ1) is 10.1. The van der Waals surface area contributed by atoms with Crippen molar-refractivity contribution in [2.75, 3.05) is 10.6 Å². The Kier molecular flexibility index (Phi) is 3.70. The van der Waals surface area contributed by atoms with Crippen molar-refractivity contribution in [2.24, 2.45) is 0 Å². The first-order valence-corrected chi connectivity index (χ1v) is 7.27. The second-order valence-corrected chi connectivity index (χ2v) is 5.47. The average molecular weight is 346 g/mol. The van der Waals surface area contributed by atoms with Crippen molar-refractivity contribution in [1.29, 1.82) is 0 Å². The van der Waals surface area contributed by atoms with Gasteiger partial charge in [0, 0.05) is 23.9 Å². The molecule has 0 unspecified atom stereocenters. The molecule has 1 aromatic heterocycles. The lowest BCUT2D eigenvalue weighted by atomic mass is 10.00. The first-order valence-electron chi connectivity index (χ1n) is 6.48. The van der Waals surface area contributed by atoms with Crippen LogP contribution in [0.2, 0.25) is 0 Å². The van der Waals surface area contributed by atoms with Crippen LogP contribution >= 0.6 is 15.9 Å². The lowest BCUT2D eigenvalue weighted by Crippen LogP contribution is -2.20. The predicted molar refractivity (Wildman–Crippen MR) is 83.3 cm³/mol.